The first-order chi connectivity index (χ1) is 9.15. The van der Waals surface area contributed by atoms with Crippen LogP contribution in [0.2, 0.25) is 0 Å². The summed E-state index contributed by atoms with van der Waals surface area (Å²) in [6.07, 6.45) is 0.826. The molecule has 0 fully saturated rings. The molecule has 0 aliphatic carbocycles. The number of amides is 1. The molecule has 0 radical (unpaired) electrons. The number of para-hydroxylation sites is 1. The fourth-order valence-electron chi connectivity index (χ4n) is 2.42. The van der Waals surface area contributed by atoms with E-state index < -0.39 is 0 Å². The average molecular weight is 255 g/mol. The van der Waals surface area contributed by atoms with Gasteiger partial charge in [-0.3, -0.25) is 4.79 Å². The van der Waals surface area contributed by atoms with Gasteiger partial charge in [0.2, 0.25) is 0 Å². The number of fused-ring (bicyclic) bond motifs is 1. The van der Waals surface area contributed by atoms with Crippen molar-refractivity contribution in [1.82, 2.24) is 0 Å². The summed E-state index contributed by atoms with van der Waals surface area (Å²) >= 11 is 0. The summed E-state index contributed by atoms with van der Waals surface area (Å²) < 4.78 is 0. The van der Waals surface area contributed by atoms with Crippen LogP contribution in [0.3, 0.4) is 0 Å². The van der Waals surface area contributed by atoms with Crippen molar-refractivity contribution in [3.8, 4) is 11.5 Å². The van der Waals surface area contributed by atoms with Gasteiger partial charge >= 0.3 is 0 Å². The van der Waals surface area contributed by atoms with E-state index in [2.05, 4.69) is 0 Å². The van der Waals surface area contributed by atoms with Crippen LogP contribution in [0.1, 0.15) is 15.9 Å². The molecule has 0 saturated carbocycles. The van der Waals surface area contributed by atoms with Gasteiger partial charge in [-0.05, 0) is 30.2 Å². The fourth-order valence-corrected chi connectivity index (χ4v) is 2.42. The van der Waals surface area contributed by atoms with Crippen molar-refractivity contribution in [2.24, 2.45) is 0 Å². The second-order valence-corrected chi connectivity index (χ2v) is 4.57. The zero-order valence-corrected chi connectivity index (χ0v) is 10.2. The highest BCUT2D eigenvalue weighted by Gasteiger charge is 2.25. The topological polar surface area (TPSA) is 60.8 Å². The van der Waals surface area contributed by atoms with Crippen molar-refractivity contribution >= 4 is 11.6 Å². The Morgan fingerprint density at radius 3 is 2.47 bits per heavy atom. The van der Waals surface area contributed by atoms with E-state index in [4.69, 9.17) is 0 Å². The number of carbonyl (C=O) groups excluding carboxylic acids is 1. The van der Waals surface area contributed by atoms with Crippen LogP contribution >= 0.6 is 0 Å². The van der Waals surface area contributed by atoms with E-state index in [-0.39, 0.29) is 23.0 Å². The minimum atomic E-state index is -0.212. The summed E-state index contributed by atoms with van der Waals surface area (Å²) in [5.74, 6) is -0.442. The fraction of sp³-hybridized carbons (Fsp3) is 0.133. The summed E-state index contributed by atoms with van der Waals surface area (Å²) in [4.78, 5) is 14.1. The summed E-state index contributed by atoms with van der Waals surface area (Å²) in [6, 6.07) is 11.7. The van der Waals surface area contributed by atoms with Crippen molar-refractivity contribution in [3.05, 3.63) is 53.6 Å². The molecule has 2 aromatic rings. The van der Waals surface area contributed by atoms with Gasteiger partial charge < -0.3 is 15.1 Å². The molecule has 4 heteroatoms. The molecule has 3 rings (SSSR count). The second kappa shape index (κ2) is 4.31. The van der Waals surface area contributed by atoms with E-state index in [1.54, 1.807) is 4.90 Å². The van der Waals surface area contributed by atoms with Gasteiger partial charge in [-0.2, -0.15) is 0 Å². The maximum absolute atomic E-state index is 12.4. The molecular formula is C15H13NO3. The highest BCUT2D eigenvalue weighted by atomic mass is 16.3. The zero-order chi connectivity index (χ0) is 13.4. The number of phenols is 2. The van der Waals surface area contributed by atoms with Crippen molar-refractivity contribution in [2.45, 2.75) is 6.42 Å². The first kappa shape index (κ1) is 11.6. The lowest BCUT2D eigenvalue weighted by molar-refractivity contribution is 0.0988. The molecule has 1 amide bonds. The van der Waals surface area contributed by atoms with Gasteiger partial charge in [-0.1, -0.05) is 18.2 Å². The third-order valence-corrected chi connectivity index (χ3v) is 3.28. The molecule has 0 bridgehead atoms. The Bertz CT molecular complexity index is 631. The van der Waals surface area contributed by atoms with Crippen molar-refractivity contribution < 1.29 is 15.0 Å². The molecular weight excluding hydrogens is 242 g/mol. The lowest BCUT2D eigenvalue weighted by atomic mass is 10.1. The van der Waals surface area contributed by atoms with E-state index in [1.807, 2.05) is 24.3 Å². The van der Waals surface area contributed by atoms with E-state index in [1.165, 1.54) is 18.2 Å². The molecule has 0 spiro atoms. The molecule has 2 N–H and O–H groups in total. The molecule has 4 nitrogen and oxygen atoms in total. The molecule has 0 saturated heterocycles. The Hall–Kier alpha value is -2.49. The molecule has 2 aromatic carbocycles. The van der Waals surface area contributed by atoms with E-state index in [0.29, 0.717) is 6.54 Å². The van der Waals surface area contributed by atoms with Crippen molar-refractivity contribution in [1.29, 1.82) is 0 Å². The van der Waals surface area contributed by atoms with Gasteiger partial charge in [0.25, 0.3) is 5.91 Å². The van der Waals surface area contributed by atoms with Crippen LogP contribution < -0.4 is 4.90 Å². The van der Waals surface area contributed by atoms with E-state index in [9.17, 15) is 15.0 Å². The first-order valence-electron chi connectivity index (χ1n) is 6.08. The second-order valence-electron chi connectivity index (χ2n) is 4.57. The third kappa shape index (κ3) is 2.01. The largest absolute Gasteiger partial charge is 0.508 e. The Kier molecular flexibility index (Phi) is 2.63. The molecule has 0 atom stereocenters. The van der Waals surface area contributed by atoms with Gasteiger partial charge in [0.1, 0.15) is 11.5 Å². The highest BCUT2D eigenvalue weighted by molar-refractivity contribution is 6.07. The number of rotatable bonds is 1. The Labute approximate surface area is 110 Å². The lowest BCUT2D eigenvalue weighted by Crippen LogP contribution is -2.28. The maximum Gasteiger partial charge on any atom is 0.258 e. The van der Waals surface area contributed by atoms with Crippen molar-refractivity contribution in [2.75, 3.05) is 11.4 Å². The minimum absolute atomic E-state index is 0.115. The molecule has 19 heavy (non-hydrogen) atoms. The van der Waals surface area contributed by atoms with Gasteiger partial charge in [0, 0.05) is 23.9 Å². The van der Waals surface area contributed by atoms with Gasteiger partial charge in [0.05, 0.1) is 0 Å². The smallest absolute Gasteiger partial charge is 0.258 e. The summed E-state index contributed by atoms with van der Waals surface area (Å²) in [7, 11) is 0. The minimum Gasteiger partial charge on any atom is -0.508 e. The molecule has 1 aliphatic rings. The number of phenolic OH excluding ortho intramolecular Hbond substituents is 2. The normalized spacial score (nSPS) is 13.4. The van der Waals surface area contributed by atoms with Crippen LogP contribution in [0.4, 0.5) is 5.69 Å². The number of nitrogens with zero attached hydrogens (tertiary/aromatic N) is 1. The Morgan fingerprint density at radius 1 is 1.05 bits per heavy atom. The third-order valence-electron chi connectivity index (χ3n) is 3.28. The predicted molar refractivity (Wildman–Crippen MR) is 71.6 cm³/mol. The number of hydrogen-bond acceptors (Lipinski definition) is 3. The standard InChI is InChI=1S/C15H13NO3/c17-12-7-11(8-13(18)9-12)15(19)16-6-5-10-3-1-2-4-14(10)16/h1-4,7-9,17-18H,5-6H2. The monoisotopic (exact) mass is 255 g/mol. The highest BCUT2D eigenvalue weighted by Crippen LogP contribution is 2.30. The quantitative estimate of drug-likeness (QED) is 0.822. The summed E-state index contributed by atoms with van der Waals surface area (Å²) in [5.41, 5.74) is 2.32. The molecule has 96 valence electrons. The molecule has 0 aromatic heterocycles. The van der Waals surface area contributed by atoms with Gasteiger partial charge in [-0.15, -0.1) is 0 Å². The molecule has 1 heterocycles. The average Bonchev–Trinajstić information content (AvgIpc) is 2.80. The SMILES string of the molecule is O=C(c1cc(O)cc(O)c1)N1CCc2ccccc21. The molecule has 0 unspecified atom stereocenters. The number of benzene rings is 2. The predicted octanol–water partition coefficient (Wildman–Crippen LogP) is 2.30. The summed E-state index contributed by atoms with van der Waals surface area (Å²) in [5, 5.41) is 18.9. The summed E-state index contributed by atoms with van der Waals surface area (Å²) in [6.45, 7) is 0.620. The number of hydrogen-bond donors (Lipinski definition) is 2. The number of aromatic hydroxyl groups is 2. The van der Waals surface area contributed by atoms with Crippen LogP contribution in [0, 0.1) is 0 Å². The van der Waals surface area contributed by atoms with Crippen LogP contribution in [0.5, 0.6) is 11.5 Å². The van der Waals surface area contributed by atoms with Crippen LogP contribution in [0.25, 0.3) is 0 Å². The maximum atomic E-state index is 12.4. The van der Waals surface area contributed by atoms with E-state index >= 15 is 0 Å². The van der Waals surface area contributed by atoms with Crippen LogP contribution in [0.15, 0.2) is 42.5 Å². The number of carbonyl (C=O) groups is 1. The van der Waals surface area contributed by atoms with Crippen molar-refractivity contribution in [3.63, 3.8) is 0 Å². The van der Waals surface area contributed by atoms with E-state index in [0.717, 1.165) is 17.7 Å². The van der Waals surface area contributed by atoms with Crippen LogP contribution in [-0.2, 0) is 6.42 Å². The Balaban J connectivity index is 1.98. The van der Waals surface area contributed by atoms with Gasteiger partial charge in [0.15, 0.2) is 0 Å². The Morgan fingerprint density at radius 2 is 1.74 bits per heavy atom. The number of anilines is 1. The molecule has 1 aliphatic heterocycles. The lowest BCUT2D eigenvalue weighted by Gasteiger charge is -2.17. The first-order valence-corrected chi connectivity index (χ1v) is 6.08. The zero-order valence-electron chi connectivity index (χ0n) is 10.2. The van der Waals surface area contributed by atoms with Crippen LogP contribution in [-0.4, -0.2) is 22.7 Å². The van der Waals surface area contributed by atoms with Gasteiger partial charge in [-0.25, -0.2) is 0 Å².